The van der Waals surface area contributed by atoms with Crippen LogP contribution in [0.5, 0.6) is 5.75 Å². The number of rotatable bonds is 21. The molecule has 0 atom stereocenters. The van der Waals surface area contributed by atoms with Crippen LogP contribution in [0.1, 0.15) is 135 Å². The van der Waals surface area contributed by atoms with Crippen LogP contribution in [0, 0.1) is 35.5 Å². The van der Waals surface area contributed by atoms with Gasteiger partial charge in [-0.2, -0.15) is 4.98 Å². The van der Waals surface area contributed by atoms with Gasteiger partial charge in [-0.15, -0.1) is 0 Å². The zero-order chi connectivity index (χ0) is 46.3. The number of anilines is 4. The summed E-state index contributed by atoms with van der Waals surface area (Å²) in [5.41, 5.74) is 3.83. The van der Waals surface area contributed by atoms with E-state index in [1.807, 2.05) is 52.0 Å². The van der Waals surface area contributed by atoms with Crippen LogP contribution in [0.2, 0.25) is 0 Å². The number of nitrogens with zero attached hydrogens (tertiary/aromatic N) is 5. The van der Waals surface area contributed by atoms with Crippen molar-refractivity contribution in [1.29, 1.82) is 0 Å². The Labute approximate surface area is 393 Å². The first-order valence-electron chi connectivity index (χ1n) is 25.4. The summed E-state index contributed by atoms with van der Waals surface area (Å²) in [6.45, 7) is 13.5. The quantitative estimate of drug-likeness (QED) is 0.0699. The molecule has 0 unspecified atom stereocenters. The number of benzene rings is 2. The number of ether oxygens (including phenoxy) is 1. The Morgan fingerprint density at radius 2 is 1.45 bits per heavy atom. The minimum Gasteiger partial charge on any atom is -0.494 e. The van der Waals surface area contributed by atoms with Crippen molar-refractivity contribution in [3.63, 3.8) is 0 Å². The normalized spacial score (nSPS) is 21.6. The van der Waals surface area contributed by atoms with Gasteiger partial charge in [-0.3, -0.25) is 23.9 Å². The maximum atomic E-state index is 13.5. The highest BCUT2D eigenvalue weighted by atomic mass is 16.5. The number of hydrogen-bond acceptors (Lipinski definition) is 9. The lowest BCUT2D eigenvalue weighted by Gasteiger charge is -2.56. The smallest absolute Gasteiger partial charge is 0.257 e. The molecule has 66 heavy (non-hydrogen) atoms. The standard InChI is InChI=1S/C54H76N8O4/c1-38-27-49(64)62(44-18-16-17-42(31-44)57-51(65)53(2,3)4)50-45(38)37-56-52(59-50)58-46-20-19-43(32-47(46)66-5)61-25-23-60(24-26-61)22-15-13-11-9-7-6-8-10-12-14-21-55-48(63)36-54-33-39-28-40(34-54)30-41(29-39)35-54/h16-20,27,31-32,37,39-41H,6-15,21-26,28-30,33-36H2,1-5H3,(H,55,63)(H,57,65)(H,56,58,59). The first-order valence-corrected chi connectivity index (χ1v) is 25.4. The molecule has 4 aromatic rings. The number of aromatic nitrogens is 3. The molecule has 2 amide bonds. The van der Waals surface area contributed by atoms with Crippen molar-refractivity contribution in [3.8, 4) is 11.4 Å². The van der Waals surface area contributed by atoms with Gasteiger partial charge in [0.25, 0.3) is 5.56 Å². The third kappa shape index (κ3) is 11.9. The van der Waals surface area contributed by atoms with Crippen molar-refractivity contribution in [2.75, 3.05) is 61.9 Å². The molecule has 9 rings (SSSR count). The SMILES string of the molecule is COc1cc(N2CCN(CCCCCCCCCCCCNC(=O)CC34CC5CC(CC(C5)C3)C4)CC2)ccc1Nc1ncc2c(C)cc(=O)n(-c3cccc(NC(=O)C(C)(C)C)c3)c2n1. The van der Waals surface area contributed by atoms with Crippen molar-refractivity contribution in [2.24, 2.45) is 28.6 Å². The molecular formula is C54H76N8O4. The van der Waals surface area contributed by atoms with Crippen LogP contribution in [-0.4, -0.2) is 77.6 Å². The molecule has 12 heteroatoms. The predicted octanol–water partition coefficient (Wildman–Crippen LogP) is 10.6. The summed E-state index contributed by atoms with van der Waals surface area (Å²) in [4.78, 5) is 53.5. The summed E-state index contributed by atoms with van der Waals surface area (Å²) in [5.74, 6) is 3.99. The van der Waals surface area contributed by atoms with E-state index in [0.29, 0.717) is 40.0 Å². The minimum absolute atomic E-state index is 0.113. The van der Waals surface area contributed by atoms with Crippen LogP contribution < -0.4 is 31.1 Å². The first-order chi connectivity index (χ1) is 31.8. The monoisotopic (exact) mass is 901 g/mol. The van der Waals surface area contributed by atoms with E-state index in [0.717, 1.165) is 92.2 Å². The number of amides is 2. The van der Waals surface area contributed by atoms with Gasteiger partial charge in [0, 0.05) is 79.7 Å². The van der Waals surface area contributed by atoms with E-state index in [4.69, 9.17) is 9.72 Å². The van der Waals surface area contributed by atoms with Gasteiger partial charge in [-0.25, -0.2) is 4.98 Å². The van der Waals surface area contributed by atoms with Crippen molar-refractivity contribution < 1.29 is 14.3 Å². The van der Waals surface area contributed by atoms with Gasteiger partial charge in [0.05, 0.1) is 18.5 Å². The minimum atomic E-state index is -0.566. The molecule has 3 heterocycles. The predicted molar refractivity (Wildman–Crippen MR) is 267 cm³/mol. The molecule has 12 nitrogen and oxygen atoms in total. The highest BCUT2D eigenvalue weighted by molar-refractivity contribution is 5.94. The molecular weight excluding hydrogens is 825 g/mol. The number of nitrogens with one attached hydrogen (secondary N) is 3. The number of unbranched alkanes of at least 4 members (excludes halogenated alkanes) is 9. The lowest BCUT2D eigenvalue weighted by molar-refractivity contribution is -0.129. The summed E-state index contributed by atoms with van der Waals surface area (Å²) >= 11 is 0. The van der Waals surface area contributed by atoms with E-state index < -0.39 is 5.41 Å². The van der Waals surface area contributed by atoms with Crippen LogP contribution in [0.15, 0.2) is 59.5 Å². The van der Waals surface area contributed by atoms with Crippen molar-refractivity contribution in [2.45, 2.75) is 137 Å². The van der Waals surface area contributed by atoms with Gasteiger partial charge in [-0.05, 0) is 124 Å². The van der Waals surface area contributed by atoms with E-state index in [2.05, 4.69) is 42.9 Å². The van der Waals surface area contributed by atoms with Crippen LogP contribution >= 0.6 is 0 Å². The Kier molecular flexibility index (Phi) is 15.4. The first kappa shape index (κ1) is 47.5. The number of carbonyl (C=O) groups is 2. The van der Waals surface area contributed by atoms with E-state index >= 15 is 0 Å². The largest absolute Gasteiger partial charge is 0.494 e. The summed E-state index contributed by atoms with van der Waals surface area (Å²) in [6.07, 6.45) is 23.7. The Morgan fingerprint density at radius 3 is 2.11 bits per heavy atom. The second-order valence-corrected chi connectivity index (χ2v) is 21.5. The summed E-state index contributed by atoms with van der Waals surface area (Å²) in [7, 11) is 1.67. The summed E-state index contributed by atoms with van der Waals surface area (Å²) < 4.78 is 7.42. The van der Waals surface area contributed by atoms with Crippen LogP contribution in [0.4, 0.5) is 23.0 Å². The summed E-state index contributed by atoms with van der Waals surface area (Å²) in [6, 6.07) is 15.0. The Hall–Kier alpha value is -4.97. The molecule has 1 saturated heterocycles. The molecule has 4 saturated carbocycles. The van der Waals surface area contributed by atoms with Gasteiger partial charge in [0.15, 0.2) is 5.65 Å². The second-order valence-electron chi connectivity index (χ2n) is 21.5. The Bertz CT molecular complexity index is 2330. The van der Waals surface area contributed by atoms with E-state index in [-0.39, 0.29) is 11.5 Å². The molecule has 4 bridgehead atoms. The fourth-order valence-electron chi connectivity index (χ4n) is 11.9. The Balaban J connectivity index is 0.719. The lowest BCUT2D eigenvalue weighted by atomic mass is 9.49. The van der Waals surface area contributed by atoms with E-state index in [9.17, 15) is 14.4 Å². The average molecular weight is 901 g/mol. The van der Waals surface area contributed by atoms with E-state index in [1.54, 1.807) is 30.0 Å². The maximum Gasteiger partial charge on any atom is 0.257 e. The fraction of sp³-hybridized carbons (Fsp3) is 0.611. The molecule has 2 aromatic heterocycles. The topological polar surface area (TPSA) is 134 Å². The number of aryl methyl sites for hydroxylation is 1. The zero-order valence-electron chi connectivity index (χ0n) is 40.6. The number of carbonyl (C=O) groups excluding carboxylic acids is 2. The van der Waals surface area contributed by atoms with Crippen LogP contribution in [0.25, 0.3) is 16.7 Å². The third-order valence-corrected chi connectivity index (χ3v) is 15.1. The summed E-state index contributed by atoms with van der Waals surface area (Å²) in [5, 5.41) is 10.3. The lowest BCUT2D eigenvalue weighted by Crippen LogP contribution is -2.48. The molecule has 3 N–H and O–H groups in total. The van der Waals surface area contributed by atoms with E-state index in [1.165, 1.54) is 96.3 Å². The van der Waals surface area contributed by atoms with Gasteiger partial charge >= 0.3 is 0 Å². The van der Waals surface area contributed by atoms with Crippen molar-refractivity contribution in [3.05, 3.63) is 70.6 Å². The Morgan fingerprint density at radius 1 is 0.803 bits per heavy atom. The van der Waals surface area contributed by atoms with Crippen molar-refractivity contribution >= 4 is 45.9 Å². The highest BCUT2D eigenvalue weighted by Crippen LogP contribution is 2.61. The highest BCUT2D eigenvalue weighted by Gasteiger charge is 2.51. The molecule has 4 aliphatic carbocycles. The molecule has 5 fully saturated rings. The van der Waals surface area contributed by atoms with Crippen LogP contribution in [-0.2, 0) is 9.59 Å². The number of methoxy groups -OCH3 is 1. The molecule has 5 aliphatic rings. The molecule has 356 valence electrons. The van der Waals surface area contributed by atoms with Gasteiger partial charge in [0.2, 0.25) is 17.8 Å². The zero-order valence-corrected chi connectivity index (χ0v) is 40.6. The van der Waals surface area contributed by atoms with Gasteiger partial charge in [0.1, 0.15) is 5.75 Å². The maximum absolute atomic E-state index is 13.5. The third-order valence-electron chi connectivity index (χ3n) is 15.1. The molecule has 0 spiro atoms. The number of hydrogen-bond donors (Lipinski definition) is 3. The van der Waals surface area contributed by atoms with Gasteiger partial charge < -0.3 is 25.6 Å². The molecule has 1 aliphatic heterocycles. The average Bonchev–Trinajstić information content (AvgIpc) is 3.27. The van der Waals surface area contributed by atoms with Crippen molar-refractivity contribution in [1.82, 2.24) is 24.8 Å². The number of piperazine rings is 1. The second kappa shape index (κ2) is 21.3. The van der Waals surface area contributed by atoms with Crippen LogP contribution in [0.3, 0.4) is 0 Å². The van der Waals surface area contributed by atoms with Gasteiger partial charge in [-0.1, -0.05) is 78.2 Å². The molecule has 2 aromatic carbocycles. The number of fused-ring (bicyclic) bond motifs is 1. The fourth-order valence-corrected chi connectivity index (χ4v) is 11.9. The number of pyridine rings is 1. The molecule has 0 radical (unpaired) electrons.